The molecule has 0 atom stereocenters. The molecule has 0 aliphatic rings. The molecule has 0 spiro atoms. The zero-order valence-electron chi connectivity index (χ0n) is 10.9. The van der Waals surface area contributed by atoms with Crippen molar-refractivity contribution in [1.29, 1.82) is 0 Å². The van der Waals surface area contributed by atoms with Crippen LogP contribution in [-0.2, 0) is 4.74 Å². The molecule has 1 aromatic carbocycles. The Labute approximate surface area is 119 Å². The lowest BCUT2D eigenvalue weighted by atomic mass is 10.2. The van der Waals surface area contributed by atoms with E-state index in [-0.39, 0.29) is 11.3 Å². The number of methoxy groups -OCH3 is 1. The summed E-state index contributed by atoms with van der Waals surface area (Å²) in [7, 11) is 1.23. The second kappa shape index (κ2) is 5.83. The number of benzene rings is 1. The number of ether oxygens (including phenoxy) is 1. The molecule has 20 heavy (non-hydrogen) atoms. The monoisotopic (exact) mass is 293 g/mol. The first-order valence-electron chi connectivity index (χ1n) is 5.77. The van der Waals surface area contributed by atoms with E-state index in [1.165, 1.54) is 30.6 Å². The quantitative estimate of drug-likeness (QED) is 0.884. The fourth-order valence-corrected chi connectivity index (χ4v) is 2.37. The van der Waals surface area contributed by atoms with Crippen molar-refractivity contribution < 1.29 is 18.7 Å². The van der Waals surface area contributed by atoms with Gasteiger partial charge in [0.1, 0.15) is 5.82 Å². The smallest absolute Gasteiger partial charge is 0.337 e. The van der Waals surface area contributed by atoms with Gasteiger partial charge in [-0.2, -0.15) is 0 Å². The van der Waals surface area contributed by atoms with Crippen LogP contribution in [-0.4, -0.2) is 19.0 Å². The van der Waals surface area contributed by atoms with Crippen molar-refractivity contribution >= 4 is 28.9 Å². The van der Waals surface area contributed by atoms with Crippen LogP contribution in [0.1, 0.15) is 24.9 Å². The Hall–Kier alpha value is -2.21. The number of rotatable bonds is 3. The van der Waals surface area contributed by atoms with E-state index in [0.29, 0.717) is 4.88 Å². The Morgan fingerprint density at radius 3 is 2.60 bits per heavy atom. The Morgan fingerprint density at radius 2 is 2.00 bits per heavy atom. The van der Waals surface area contributed by atoms with Crippen LogP contribution in [0.15, 0.2) is 30.3 Å². The van der Waals surface area contributed by atoms with E-state index in [1.54, 1.807) is 12.1 Å². The third-order valence-electron chi connectivity index (χ3n) is 2.60. The van der Waals surface area contributed by atoms with Crippen LogP contribution in [0.25, 0.3) is 0 Å². The summed E-state index contributed by atoms with van der Waals surface area (Å²) in [5.41, 5.74) is 0.121. The summed E-state index contributed by atoms with van der Waals surface area (Å²) in [4.78, 5) is 24.8. The molecule has 0 radical (unpaired) electrons. The van der Waals surface area contributed by atoms with E-state index in [0.717, 1.165) is 10.9 Å². The van der Waals surface area contributed by atoms with Crippen molar-refractivity contribution in [1.82, 2.24) is 0 Å². The molecule has 0 bridgehead atoms. The lowest BCUT2D eigenvalue weighted by molar-refractivity contribution is 0.0600. The average molecular weight is 293 g/mol. The minimum Gasteiger partial charge on any atom is -0.465 e. The molecule has 4 nitrogen and oxygen atoms in total. The third kappa shape index (κ3) is 3.03. The molecule has 0 saturated carbocycles. The van der Waals surface area contributed by atoms with Crippen LogP contribution in [0.2, 0.25) is 0 Å². The topological polar surface area (TPSA) is 55.4 Å². The van der Waals surface area contributed by atoms with Crippen LogP contribution in [0.4, 0.5) is 10.1 Å². The van der Waals surface area contributed by atoms with Crippen molar-refractivity contribution in [2.75, 3.05) is 12.4 Å². The molecule has 2 aromatic rings. The van der Waals surface area contributed by atoms with E-state index >= 15 is 0 Å². The summed E-state index contributed by atoms with van der Waals surface area (Å²) < 4.78 is 18.2. The van der Waals surface area contributed by atoms with Gasteiger partial charge in [0.15, 0.2) is 0 Å². The second-order valence-corrected chi connectivity index (χ2v) is 5.34. The SMILES string of the molecule is COC(=O)c1ccc(F)c(NC(=O)c2ccc(C)s2)c1. The Bertz CT molecular complexity index is 666. The highest BCUT2D eigenvalue weighted by atomic mass is 32.1. The van der Waals surface area contributed by atoms with Crippen LogP contribution in [0, 0.1) is 12.7 Å². The van der Waals surface area contributed by atoms with Crippen LogP contribution < -0.4 is 5.32 Å². The molecule has 1 amide bonds. The molecular formula is C14H12FNO3S. The molecule has 0 fully saturated rings. The highest BCUT2D eigenvalue weighted by molar-refractivity contribution is 7.14. The summed E-state index contributed by atoms with van der Waals surface area (Å²) in [5, 5.41) is 2.45. The van der Waals surface area contributed by atoms with Gasteiger partial charge in [-0.3, -0.25) is 4.79 Å². The standard InChI is InChI=1S/C14H12FNO3S/c1-8-3-6-12(20-8)13(17)16-11-7-9(14(18)19-2)4-5-10(11)15/h3-7H,1-2H3,(H,16,17). The molecule has 0 saturated heterocycles. The Kier molecular flexibility index (Phi) is 4.14. The van der Waals surface area contributed by atoms with Gasteiger partial charge in [-0.15, -0.1) is 11.3 Å². The summed E-state index contributed by atoms with van der Waals surface area (Å²) in [6.45, 7) is 1.87. The third-order valence-corrected chi connectivity index (χ3v) is 3.60. The average Bonchev–Trinajstić information content (AvgIpc) is 2.87. The number of hydrogen-bond donors (Lipinski definition) is 1. The summed E-state index contributed by atoms with van der Waals surface area (Å²) in [5.74, 6) is -1.62. The number of anilines is 1. The van der Waals surface area contributed by atoms with Gasteiger partial charge >= 0.3 is 5.97 Å². The molecule has 2 rings (SSSR count). The molecule has 6 heteroatoms. The van der Waals surface area contributed by atoms with Gasteiger partial charge in [-0.05, 0) is 37.3 Å². The number of aryl methyl sites for hydroxylation is 1. The van der Waals surface area contributed by atoms with Crippen molar-refractivity contribution in [3.8, 4) is 0 Å². The van der Waals surface area contributed by atoms with Crippen LogP contribution in [0.3, 0.4) is 0 Å². The number of nitrogens with one attached hydrogen (secondary N) is 1. The summed E-state index contributed by atoms with van der Waals surface area (Å²) in [6.07, 6.45) is 0. The predicted molar refractivity (Wildman–Crippen MR) is 74.7 cm³/mol. The fourth-order valence-electron chi connectivity index (χ4n) is 1.61. The first kappa shape index (κ1) is 14.2. The van der Waals surface area contributed by atoms with E-state index in [2.05, 4.69) is 10.1 Å². The maximum atomic E-state index is 13.7. The minimum absolute atomic E-state index is 0.0519. The molecule has 1 N–H and O–H groups in total. The van der Waals surface area contributed by atoms with Crippen molar-refractivity contribution in [2.24, 2.45) is 0 Å². The van der Waals surface area contributed by atoms with E-state index in [4.69, 9.17) is 0 Å². The first-order valence-corrected chi connectivity index (χ1v) is 6.58. The number of hydrogen-bond acceptors (Lipinski definition) is 4. The number of amides is 1. The molecule has 0 unspecified atom stereocenters. The molecule has 1 heterocycles. The number of carbonyl (C=O) groups excluding carboxylic acids is 2. The van der Waals surface area contributed by atoms with E-state index in [9.17, 15) is 14.0 Å². The van der Waals surface area contributed by atoms with Crippen molar-refractivity contribution in [3.63, 3.8) is 0 Å². The lowest BCUT2D eigenvalue weighted by Gasteiger charge is -2.07. The predicted octanol–water partition coefficient (Wildman–Crippen LogP) is 3.23. The number of halogens is 1. The van der Waals surface area contributed by atoms with Gasteiger partial charge in [0.05, 0.1) is 23.2 Å². The largest absolute Gasteiger partial charge is 0.465 e. The van der Waals surface area contributed by atoms with Crippen LogP contribution in [0.5, 0.6) is 0 Å². The van der Waals surface area contributed by atoms with Gasteiger partial charge in [0, 0.05) is 4.88 Å². The van der Waals surface area contributed by atoms with E-state index < -0.39 is 17.7 Å². The Balaban J connectivity index is 2.24. The highest BCUT2D eigenvalue weighted by Gasteiger charge is 2.14. The zero-order valence-corrected chi connectivity index (χ0v) is 11.7. The summed E-state index contributed by atoms with van der Waals surface area (Å²) >= 11 is 1.31. The van der Waals surface area contributed by atoms with Crippen molar-refractivity contribution in [2.45, 2.75) is 6.92 Å². The number of carbonyl (C=O) groups is 2. The molecular weight excluding hydrogens is 281 g/mol. The highest BCUT2D eigenvalue weighted by Crippen LogP contribution is 2.20. The lowest BCUT2D eigenvalue weighted by Crippen LogP contribution is -2.12. The first-order chi connectivity index (χ1) is 9.51. The van der Waals surface area contributed by atoms with E-state index in [1.807, 2.05) is 6.92 Å². The maximum absolute atomic E-state index is 13.7. The molecule has 104 valence electrons. The number of esters is 1. The van der Waals surface area contributed by atoms with Gasteiger partial charge < -0.3 is 10.1 Å². The molecule has 0 aliphatic carbocycles. The number of thiophene rings is 1. The Morgan fingerprint density at radius 1 is 1.25 bits per heavy atom. The minimum atomic E-state index is -0.612. The molecule has 1 aromatic heterocycles. The van der Waals surface area contributed by atoms with Gasteiger partial charge in [-0.25, -0.2) is 9.18 Å². The zero-order chi connectivity index (χ0) is 14.7. The van der Waals surface area contributed by atoms with Gasteiger partial charge in [-0.1, -0.05) is 0 Å². The van der Waals surface area contributed by atoms with Gasteiger partial charge in [0.25, 0.3) is 5.91 Å². The fraction of sp³-hybridized carbons (Fsp3) is 0.143. The second-order valence-electron chi connectivity index (χ2n) is 4.05. The van der Waals surface area contributed by atoms with Gasteiger partial charge in [0.2, 0.25) is 0 Å². The summed E-state index contributed by atoms with van der Waals surface area (Å²) in [6, 6.07) is 7.13. The normalized spacial score (nSPS) is 10.2. The maximum Gasteiger partial charge on any atom is 0.337 e. The van der Waals surface area contributed by atoms with Crippen molar-refractivity contribution in [3.05, 3.63) is 51.5 Å². The van der Waals surface area contributed by atoms with Crippen LogP contribution >= 0.6 is 11.3 Å². The molecule has 0 aliphatic heterocycles.